The monoisotopic (exact) mass is 324 g/mol. The van der Waals surface area contributed by atoms with Crippen LogP contribution in [0.2, 0.25) is 0 Å². The first-order valence-electron chi connectivity index (χ1n) is 7.23. The molecule has 0 aliphatic heterocycles. The Kier molecular flexibility index (Phi) is 6.98. The Morgan fingerprint density at radius 3 is 2.36 bits per heavy atom. The Morgan fingerprint density at radius 2 is 1.91 bits per heavy atom. The molecule has 0 radical (unpaired) electrons. The summed E-state index contributed by atoms with van der Waals surface area (Å²) in [6.07, 6.45) is 4.78. The fourth-order valence-corrected chi connectivity index (χ4v) is 3.75. The maximum absolute atomic E-state index is 10.8. The summed E-state index contributed by atoms with van der Waals surface area (Å²) in [5, 5.41) is 8.90. The van der Waals surface area contributed by atoms with Gasteiger partial charge in [0.15, 0.2) is 11.5 Å². The molecule has 0 fully saturated rings. The highest BCUT2D eigenvalue weighted by atomic mass is 28.1. The Hall–Kier alpha value is -1.95. The molecular formula is C16H24O5Si. The van der Waals surface area contributed by atoms with Gasteiger partial charge < -0.3 is 19.3 Å². The first kappa shape index (κ1) is 18.1. The van der Waals surface area contributed by atoms with Crippen LogP contribution in [0.1, 0.15) is 36.4 Å². The standard InChI is InChI=1S/C16H24O5Si/c1-5-6-12(22)14-10(7-8-13(17)18)9-11(19-2)15(20-3)16(14)21-4/h7-9,12H,5-6H2,1-4,22H3,(H,17,18). The van der Waals surface area contributed by atoms with Gasteiger partial charge in [-0.15, -0.1) is 0 Å². The van der Waals surface area contributed by atoms with Gasteiger partial charge in [-0.05, 0) is 29.7 Å². The van der Waals surface area contributed by atoms with E-state index in [1.165, 1.54) is 0 Å². The highest BCUT2D eigenvalue weighted by Gasteiger charge is 2.23. The number of carboxylic acids is 1. The topological polar surface area (TPSA) is 65.0 Å². The van der Waals surface area contributed by atoms with Gasteiger partial charge in [0.05, 0.1) is 21.3 Å². The van der Waals surface area contributed by atoms with Gasteiger partial charge in [-0.3, -0.25) is 0 Å². The van der Waals surface area contributed by atoms with Gasteiger partial charge in [0.1, 0.15) is 0 Å². The van der Waals surface area contributed by atoms with E-state index in [9.17, 15) is 4.79 Å². The highest BCUT2D eigenvalue weighted by Crippen LogP contribution is 2.45. The third kappa shape index (κ3) is 4.04. The van der Waals surface area contributed by atoms with Crippen LogP contribution in [0.4, 0.5) is 0 Å². The number of rotatable bonds is 8. The number of carboxylic acid groups (broad SMARTS) is 1. The zero-order valence-electron chi connectivity index (χ0n) is 13.8. The van der Waals surface area contributed by atoms with E-state index in [4.69, 9.17) is 19.3 Å². The van der Waals surface area contributed by atoms with Crippen LogP contribution in [-0.2, 0) is 4.79 Å². The minimum absolute atomic E-state index is 0.341. The Balaban J connectivity index is 3.60. The minimum Gasteiger partial charge on any atom is -0.493 e. The summed E-state index contributed by atoms with van der Waals surface area (Å²) in [4.78, 5) is 10.8. The van der Waals surface area contributed by atoms with Crippen LogP contribution in [0.25, 0.3) is 6.08 Å². The van der Waals surface area contributed by atoms with Crippen molar-refractivity contribution in [2.24, 2.45) is 0 Å². The summed E-state index contributed by atoms with van der Waals surface area (Å²) < 4.78 is 16.3. The molecule has 1 rings (SSSR count). The molecule has 0 spiro atoms. The van der Waals surface area contributed by atoms with Crippen LogP contribution >= 0.6 is 0 Å². The molecule has 0 bridgehead atoms. The molecule has 1 aromatic rings. The Bertz CT molecular complexity index is 554. The van der Waals surface area contributed by atoms with E-state index in [0.29, 0.717) is 22.8 Å². The Labute approximate surface area is 134 Å². The molecule has 0 saturated heterocycles. The van der Waals surface area contributed by atoms with Crippen LogP contribution in [0.5, 0.6) is 17.2 Å². The molecule has 22 heavy (non-hydrogen) atoms. The normalized spacial score (nSPS) is 12.4. The van der Waals surface area contributed by atoms with Crippen molar-refractivity contribution in [1.29, 1.82) is 0 Å². The maximum atomic E-state index is 10.8. The number of carbonyl (C=O) groups is 1. The SMILES string of the molecule is CCCC([SiH3])c1c(C=CC(=O)O)cc(OC)c(OC)c1OC. The van der Waals surface area contributed by atoms with E-state index >= 15 is 0 Å². The largest absolute Gasteiger partial charge is 0.493 e. The second kappa shape index (κ2) is 8.48. The van der Waals surface area contributed by atoms with Gasteiger partial charge >= 0.3 is 5.97 Å². The number of ether oxygens (including phenoxy) is 3. The molecular weight excluding hydrogens is 300 g/mol. The lowest BCUT2D eigenvalue weighted by molar-refractivity contribution is -0.131. The van der Waals surface area contributed by atoms with Gasteiger partial charge in [0.2, 0.25) is 5.75 Å². The van der Waals surface area contributed by atoms with Crippen molar-refractivity contribution in [3.05, 3.63) is 23.3 Å². The first-order chi connectivity index (χ1) is 10.5. The van der Waals surface area contributed by atoms with E-state index in [2.05, 4.69) is 6.92 Å². The third-order valence-corrected chi connectivity index (χ3v) is 4.68. The minimum atomic E-state index is -0.986. The third-order valence-electron chi connectivity index (χ3n) is 3.52. The quantitative estimate of drug-likeness (QED) is 0.585. The summed E-state index contributed by atoms with van der Waals surface area (Å²) in [6.45, 7) is 2.13. The lowest BCUT2D eigenvalue weighted by atomic mass is 9.98. The van der Waals surface area contributed by atoms with Crippen LogP contribution in [0, 0.1) is 0 Å². The van der Waals surface area contributed by atoms with Crippen LogP contribution in [-0.4, -0.2) is 42.6 Å². The molecule has 0 heterocycles. The molecule has 5 nitrogen and oxygen atoms in total. The van der Waals surface area contributed by atoms with Gasteiger partial charge in [0, 0.05) is 21.9 Å². The molecule has 0 saturated carbocycles. The predicted molar refractivity (Wildman–Crippen MR) is 90.4 cm³/mol. The van der Waals surface area contributed by atoms with Crippen molar-refractivity contribution in [3.63, 3.8) is 0 Å². The number of hydrogen-bond acceptors (Lipinski definition) is 4. The van der Waals surface area contributed by atoms with E-state index < -0.39 is 5.97 Å². The van der Waals surface area contributed by atoms with E-state index in [1.807, 2.05) is 0 Å². The molecule has 6 heteroatoms. The second-order valence-corrected chi connectivity index (χ2v) is 6.40. The number of benzene rings is 1. The van der Waals surface area contributed by atoms with Crippen LogP contribution in [0.15, 0.2) is 12.1 Å². The van der Waals surface area contributed by atoms with Gasteiger partial charge in [0.25, 0.3) is 0 Å². The van der Waals surface area contributed by atoms with Crippen molar-refractivity contribution in [3.8, 4) is 17.2 Å². The average molecular weight is 324 g/mol. The lowest BCUT2D eigenvalue weighted by Crippen LogP contribution is -2.07. The molecule has 0 amide bonds. The van der Waals surface area contributed by atoms with Crippen molar-refractivity contribution >= 4 is 22.3 Å². The van der Waals surface area contributed by atoms with Crippen LogP contribution in [0.3, 0.4) is 0 Å². The Morgan fingerprint density at radius 1 is 1.27 bits per heavy atom. The molecule has 122 valence electrons. The zero-order valence-corrected chi connectivity index (χ0v) is 15.8. The molecule has 1 atom stereocenters. The lowest BCUT2D eigenvalue weighted by Gasteiger charge is -2.22. The van der Waals surface area contributed by atoms with Crippen LogP contribution < -0.4 is 14.2 Å². The summed E-state index contributed by atoms with van der Waals surface area (Å²) in [7, 11) is 5.64. The summed E-state index contributed by atoms with van der Waals surface area (Å²) in [6, 6.07) is 1.80. The van der Waals surface area contributed by atoms with E-state index in [0.717, 1.165) is 40.3 Å². The average Bonchev–Trinajstić information content (AvgIpc) is 2.50. The van der Waals surface area contributed by atoms with E-state index in [1.54, 1.807) is 33.5 Å². The molecule has 1 unspecified atom stereocenters. The fourth-order valence-electron chi connectivity index (χ4n) is 2.58. The summed E-state index contributed by atoms with van der Waals surface area (Å²) in [5.74, 6) is 0.711. The number of aliphatic carboxylic acids is 1. The smallest absolute Gasteiger partial charge is 0.328 e. The van der Waals surface area contributed by atoms with Crippen molar-refractivity contribution in [1.82, 2.24) is 0 Å². The van der Waals surface area contributed by atoms with Gasteiger partial charge in [-0.2, -0.15) is 0 Å². The first-order valence-corrected chi connectivity index (χ1v) is 8.39. The van der Waals surface area contributed by atoms with E-state index in [-0.39, 0.29) is 0 Å². The fraction of sp³-hybridized carbons (Fsp3) is 0.438. The van der Waals surface area contributed by atoms with Crippen molar-refractivity contribution in [2.75, 3.05) is 21.3 Å². The number of methoxy groups -OCH3 is 3. The van der Waals surface area contributed by atoms with Gasteiger partial charge in [-0.1, -0.05) is 13.3 Å². The van der Waals surface area contributed by atoms with Gasteiger partial charge in [-0.25, -0.2) is 4.79 Å². The van der Waals surface area contributed by atoms with Crippen molar-refractivity contribution in [2.45, 2.75) is 25.3 Å². The predicted octanol–water partition coefficient (Wildman–Crippen LogP) is 2.02. The number of hydrogen-bond donors (Lipinski definition) is 1. The maximum Gasteiger partial charge on any atom is 0.328 e. The van der Waals surface area contributed by atoms with Crippen molar-refractivity contribution < 1.29 is 24.1 Å². The molecule has 0 aliphatic carbocycles. The second-order valence-electron chi connectivity index (χ2n) is 5.01. The molecule has 1 aromatic carbocycles. The highest BCUT2D eigenvalue weighted by molar-refractivity contribution is 6.13. The zero-order chi connectivity index (χ0) is 16.7. The molecule has 0 aliphatic rings. The molecule has 0 aromatic heterocycles. The molecule has 1 N–H and O–H groups in total. The summed E-state index contributed by atoms with van der Waals surface area (Å²) in [5.41, 5.74) is 2.13. The summed E-state index contributed by atoms with van der Waals surface area (Å²) >= 11 is 0.